The summed E-state index contributed by atoms with van der Waals surface area (Å²) in [5, 5.41) is 0.614. The van der Waals surface area contributed by atoms with E-state index >= 15 is 0 Å². The Morgan fingerprint density at radius 1 is 1.17 bits per heavy atom. The first kappa shape index (κ1) is 16.5. The van der Waals surface area contributed by atoms with Crippen LogP contribution < -0.4 is 4.90 Å². The molecule has 2 aromatic carbocycles. The average Bonchev–Trinajstić information content (AvgIpc) is 3.00. The van der Waals surface area contributed by atoms with Crippen LogP contribution in [0.1, 0.15) is 18.1 Å². The number of rotatable bonds is 4. The monoisotopic (exact) mass is 343 g/mol. The second-order valence-corrected chi connectivity index (χ2v) is 6.24. The predicted octanol–water partition coefficient (Wildman–Crippen LogP) is 3.40. The fraction of sp³-hybridized carbons (Fsp3) is 0.263. The Hall–Kier alpha value is -2.33. The number of halogens is 1. The first-order valence-electron chi connectivity index (χ1n) is 7.88. The molecule has 0 bridgehead atoms. The molecule has 0 saturated heterocycles. The molecule has 1 heterocycles. The lowest BCUT2D eigenvalue weighted by Crippen LogP contribution is -2.39. The van der Waals surface area contributed by atoms with E-state index in [9.17, 15) is 9.59 Å². The number of para-hydroxylation sites is 1. The Kier molecular flexibility index (Phi) is 4.86. The van der Waals surface area contributed by atoms with Gasteiger partial charge in [0.2, 0.25) is 0 Å². The maximum Gasteiger partial charge on any atom is 0.311 e. The minimum atomic E-state index is -0.809. The number of nitrogens with zero attached hydrogens (tertiary/aromatic N) is 1. The van der Waals surface area contributed by atoms with Gasteiger partial charge in [-0.05, 0) is 42.7 Å². The normalized spacial score (nSPS) is 14.2. The highest BCUT2D eigenvalue weighted by atomic mass is 35.5. The molecular weight excluding hydrogens is 326 g/mol. The number of carbonyl (C=O) groups excluding carboxylic acids is 2. The van der Waals surface area contributed by atoms with Crippen LogP contribution in [0.2, 0.25) is 5.02 Å². The van der Waals surface area contributed by atoms with Gasteiger partial charge in [-0.3, -0.25) is 9.59 Å². The molecule has 0 aromatic heterocycles. The fourth-order valence-electron chi connectivity index (χ4n) is 2.84. The van der Waals surface area contributed by atoms with Crippen molar-refractivity contribution in [3.8, 4) is 0 Å². The van der Waals surface area contributed by atoms with Crippen LogP contribution in [0.3, 0.4) is 0 Å². The second-order valence-electron chi connectivity index (χ2n) is 5.80. The van der Waals surface area contributed by atoms with Crippen LogP contribution in [-0.2, 0) is 27.2 Å². The zero-order chi connectivity index (χ0) is 17.1. The van der Waals surface area contributed by atoms with Crippen molar-refractivity contribution in [1.82, 2.24) is 0 Å². The lowest BCUT2D eigenvalue weighted by Gasteiger charge is -2.21. The third-order valence-corrected chi connectivity index (χ3v) is 4.32. The van der Waals surface area contributed by atoms with Crippen molar-refractivity contribution < 1.29 is 14.3 Å². The Labute approximate surface area is 146 Å². The number of amides is 1. The molecule has 0 aliphatic carbocycles. The molecule has 124 valence electrons. The summed E-state index contributed by atoms with van der Waals surface area (Å²) in [5.74, 6) is -0.616. The highest BCUT2D eigenvalue weighted by Crippen LogP contribution is 2.28. The third-order valence-electron chi connectivity index (χ3n) is 4.07. The maximum atomic E-state index is 12.6. The molecule has 5 heteroatoms. The molecule has 4 nitrogen and oxygen atoms in total. The van der Waals surface area contributed by atoms with Crippen LogP contribution in [0, 0.1) is 0 Å². The molecule has 0 spiro atoms. The van der Waals surface area contributed by atoms with Crippen LogP contribution in [-0.4, -0.2) is 24.5 Å². The van der Waals surface area contributed by atoms with Crippen LogP contribution >= 0.6 is 11.6 Å². The topological polar surface area (TPSA) is 46.6 Å². The van der Waals surface area contributed by atoms with Crippen LogP contribution in [0.25, 0.3) is 0 Å². The van der Waals surface area contributed by atoms with Crippen molar-refractivity contribution in [3.05, 3.63) is 64.7 Å². The number of esters is 1. The van der Waals surface area contributed by atoms with E-state index in [-0.39, 0.29) is 12.3 Å². The van der Waals surface area contributed by atoms with Gasteiger partial charge in [0.1, 0.15) is 0 Å². The van der Waals surface area contributed by atoms with Gasteiger partial charge in [-0.25, -0.2) is 0 Å². The molecule has 1 atom stereocenters. The summed E-state index contributed by atoms with van der Waals surface area (Å²) < 4.78 is 5.31. The SMILES string of the molecule is C[C@H](OC(=O)Cc1ccc(Cl)cc1)C(=O)N1CCc2ccccc21. The lowest BCUT2D eigenvalue weighted by atomic mass is 10.1. The summed E-state index contributed by atoms with van der Waals surface area (Å²) in [6.07, 6.45) is 0.134. The van der Waals surface area contributed by atoms with Gasteiger partial charge in [0.25, 0.3) is 5.91 Å². The van der Waals surface area contributed by atoms with E-state index in [1.54, 1.807) is 36.1 Å². The fourth-order valence-corrected chi connectivity index (χ4v) is 2.97. The number of fused-ring (bicyclic) bond motifs is 1. The Morgan fingerprint density at radius 2 is 1.88 bits per heavy atom. The third kappa shape index (κ3) is 3.60. The van der Waals surface area contributed by atoms with Crippen molar-refractivity contribution in [3.63, 3.8) is 0 Å². The molecular formula is C19H18ClNO3. The molecule has 1 aliphatic rings. The van der Waals surface area contributed by atoms with Gasteiger partial charge in [0, 0.05) is 17.3 Å². The van der Waals surface area contributed by atoms with E-state index in [4.69, 9.17) is 16.3 Å². The van der Waals surface area contributed by atoms with Crippen LogP contribution in [0.15, 0.2) is 48.5 Å². The Morgan fingerprint density at radius 3 is 2.62 bits per heavy atom. The summed E-state index contributed by atoms with van der Waals surface area (Å²) in [7, 11) is 0. The molecule has 0 fully saturated rings. The molecule has 0 N–H and O–H groups in total. The van der Waals surface area contributed by atoms with Gasteiger partial charge < -0.3 is 9.64 Å². The zero-order valence-corrected chi connectivity index (χ0v) is 14.1. The Bertz CT molecular complexity index is 757. The second kappa shape index (κ2) is 7.05. The molecule has 3 rings (SSSR count). The van der Waals surface area contributed by atoms with Crippen molar-refractivity contribution in [2.75, 3.05) is 11.4 Å². The van der Waals surface area contributed by atoms with E-state index in [2.05, 4.69) is 0 Å². The molecule has 0 unspecified atom stereocenters. The lowest BCUT2D eigenvalue weighted by molar-refractivity contribution is -0.153. The molecule has 0 radical (unpaired) electrons. The number of anilines is 1. The van der Waals surface area contributed by atoms with Crippen molar-refractivity contribution in [2.45, 2.75) is 25.9 Å². The first-order chi connectivity index (χ1) is 11.5. The number of benzene rings is 2. The molecule has 0 saturated carbocycles. The summed E-state index contributed by atoms with van der Waals surface area (Å²) in [5.41, 5.74) is 2.85. The Balaban J connectivity index is 1.60. The molecule has 1 aliphatic heterocycles. The van der Waals surface area contributed by atoms with Crippen LogP contribution in [0.4, 0.5) is 5.69 Å². The van der Waals surface area contributed by atoms with E-state index in [0.717, 1.165) is 23.2 Å². The number of hydrogen-bond acceptors (Lipinski definition) is 3. The van der Waals surface area contributed by atoms with E-state index in [0.29, 0.717) is 11.6 Å². The summed E-state index contributed by atoms with van der Waals surface area (Å²) >= 11 is 5.82. The van der Waals surface area contributed by atoms with Gasteiger partial charge in [0.05, 0.1) is 6.42 Å². The highest BCUT2D eigenvalue weighted by molar-refractivity contribution is 6.30. The summed E-state index contributed by atoms with van der Waals surface area (Å²) in [6, 6.07) is 14.8. The quantitative estimate of drug-likeness (QED) is 0.799. The number of carbonyl (C=O) groups is 2. The largest absolute Gasteiger partial charge is 0.452 e. The van der Waals surface area contributed by atoms with Crippen LogP contribution in [0.5, 0.6) is 0 Å². The summed E-state index contributed by atoms with van der Waals surface area (Å²) in [4.78, 5) is 26.3. The van der Waals surface area contributed by atoms with E-state index in [1.807, 2.05) is 24.3 Å². The minimum Gasteiger partial charge on any atom is -0.452 e. The molecule has 2 aromatic rings. The first-order valence-corrected chi connectivity index (χ1v) is 8.25. The number of ether oxygens (including phenoxy) is 1. The highest BCUT2D eigenvalue weighted by Gasteiger charge is 2.29. The van der Waals surface area contributed by atoms with Gasteiger partial charge in [-0.2, -0.15) is 0 Å². The van der Waals surface area contributed by atoms with Crippen molar-refractivity contribution >= 4 is 29.2 Å². The van der Waals surface area contributed by atoms with Gasteiger partial charge >= 0.3 is 5.97 Å². The maximum absolute atomic E-state index is 12.6. The average molecular weight is 344 g/mol. The minimum absolute atomic E-state index is 0.116. The van der Waals surface area contributed by atoms with Gasteiger partial charge in [0.15, 0.2) is 6.10 Å². The standard InChI is InChI=1S/C19H18ClNO3/c1-13(24-18(22)12-14-6-8-16(20)9-7-14)19(23)21-11-10-15-4-2-3-5-17(15)21/h2-9,13H,10-12H2,1H3/t13-/m0/s1. The number of hydrogen-bond donors (Lipinski definition) is 0. The smallest absolute Gasteiger partial charge is 0.311 e. The zero-order valence-electron chi connectivity index (χ0n) is 13.4. The van der Waals surface area contributed by atoms with Gasteiger partial charge in [-0.15, -0.1) is 0 Å². The van der Waals surface area contributed by atoms with Crippen molar-refractivity contribution in [2.24, 2.45) is 0 Å². The van der Waals surface area contributed by atoms with Crippen molar-refractivity contribution in [1.29, 1.82) is 0 Å². The van der Waals surface area contributed by atoms with Gasteiger partial charge in [-0.1, -0.05) is 41.9 Å². The molecule has 1 amide bonds. The summed E-state index contributed by atoms with van der Waals surface area (Å²) in [6.45, 7) is 2.24. The van der Waals surface area contributed by atoms with E-state index in [1.165, 1.54) is 0 Å². The van der Waals surface area contributed by atoms with E-state index < -0.39 is 12.1 Å². The molecule has 24 heavy (non-hydrogen) atoms. The predicted molar refractivity (Wildman–Crippen MR) is 93.2 cm³/mol.